The van der Waals surface area contributed by atoms with Crippen LogP contribution in [0.25, 0.3) is 0 Å². The van der Waals surface area contributed by atoms with Gasteiger partial charge in [-0.3, -0.25) is 0 Å². The van der Waals surface area contributed by atoms with Crippen LogP contribution in [0.15, 0.2) is 6.07 Å². The van der Waals surface area contributed by atoms with E-state index in [0.29, 0.717) is 17.0 Å². The fraction of sp³-hybridized carbons (Fsp3) is 0.667. The first-order chi connectivity index (χ1) is 7.08. The lowest BCUT2D eigenvalue weighted by molar-refractivity contribution is 0.0560. The van der Waals surface area contributed by atoms with Gasteiger partial charge in [0.1, 0.15) is 0 Å². The van der Waals surface area contributed by atoms with Gasteiger partial charge in [0, 0.05) is 9.75 Å². The molecular formula is C12H17BrOS. The van der Waals surface area contributed by atoms with Crippen molar-refractivity contribution in [2.75, 3.05) is 0 Å². The van der Waals surface area contributed by atoms with Crippen molar-refractivity contribution in [1.82, 2.24) is 0 Å². The van der Waals surface area contributed by atoms with Crippen molar-refractivity contribution >= 4 is 27.3 Å². The molecule has 0 aromatic carbocycles. The molecule has 1 aliphatic heterocycles. The van der Waals surface area contributed by atoms with Crippen molar-refractivity contribution in [2.45, 2.75) is 50.6 Å². The molecule has 0 amide bonds. The third kappa shape index (κ3) is 2.45. The van der Waals surface area contributed by atoms with E-state index >= 15 is 0 Å². The average molecular weight is 289 g/mol. The van der Waals surface area contributed by atoms with Crippen molar-refractivity contribution in [3.05, 3.63) is 21.4 Å². The summed E-state index contributed by atoms with van der Waals surface area (Å²) in [6.45, 7) is 6.51. The summed E-state index contributed by atoms with van der Waals surface area (Å²) in [4.78, 5) is 3.20. The van der Waals surface area contributed by atoms with Crippen molar-refractivity contribution in [3.63, 3.8) is 0 Å². The van der Waals surface area contributed by atoms with Gasteiger partial charge in [-0.05, 0) is 45.2 Å². The molecule has 0 aliphatic carbocycles. The minimum Gasteiger partial charge on any atom is -0.374 e. The Bertz CT molecular complexity index is 347. The number of rotatable bonds is 2. The summed E-state index contributed by atoms with van der Waals surface area (Å²) >= 11 is 5.67. The highest BCUT2D eigenvalue weighted by Gasteiger charge is 2.30. The van der Waals surface area contributed by atoms with E-state index in [1.54, 1.807) is 0 Å². The largest absolute Gasteiger partial charge is 0.374 e. The lowest BCUT2D eigenvalue weighted by atomic mass is 10.1. The van der Waals surface area contributed by atoms with Gasteiger partial charge in [-0.2, -0.15) is 0 Å². The van der Waals surface area contributed by atoms with Gasteiger partial charge in [0.15, 0.2) is 0 Å². The maximum absolute atomic E-state index is 5.90. The molecule has 0 spiro atoms. The lowest BCUT2D eigenvalue weighted by Crippen LogP contribution is -2.13. The fourth-order valence-corrected chi connectivity index (χ4v) is 4.25. The molecule has 3 unspecified atom stereocenters. The maximum Gasteiger partial charge on any atom is 0.0753 e. The number of halogens is 1. The predicted octanol–water partition coefficient (Wildman–Crippen LogP) is 4.37. The minimum absolute atomic E-state index is 0.358. The van der Waals surface area contributed by atoms with Crippen LogP contribution in [0.2, 0.25) is 0 Å². The fourth-order valence-electron chi connectivity index (χ4n) is 2.15. The van der Waals surface area contributed by atoms with Crippen LogP contribution in [-0.2, 0) is 4.74 Å². The Balaban J connectivity index is 2.13. The van der Waals surface area contributed by atoms with Gasteiger partial charge >= 0.3 is 0 Å². The molecule has 2 heterocycles. The Labute approximate surface area is 104 Å². The van der Waals surface area contributed by atoms with Crippen LogP contribution in [0, 0.1) is 13.8 Å². The lowest BCUT2D eigenvalue weighted by Gasteiger charge is -2.17. The van der Waals surface area contributed by atoms with Gasteiger partial charge in [0.05, 0.1) is 17.0 Å². The molecule has 1 aromatic heterocycles. The zero-order valence-electron chi connectivity index (χ0n) is 9.42. The van der Waals surface area contributed by atoms with E-state index in [-0.39, 0.29) is 0 Å². The minimum atomic E-state index is 0.358. The van der Waals surface area contributed by atoms with Crippen LogP contribution in [-0.4, -0.2) is 12.2 Å². The molecule has 3 atom stereocenters. The molecule has 1 aromatic rings. The van der Waals surface area contributed by atoms with Crippen molar-refractivity contribution in [3.8, 4) is 0 Å². The molecule has 0 radical (unpaired) electrons. The zero-order valence-corrected chi connectivity index (χ0v) is 11.8. The number of thiophene rings is 1. The quantitative estimate of drug-likeness (QED) is 0.735. The molecule has 2 rings (SSSR count). The monoisotopic (exact) mass is 288 g/mol. The highest BCUT2D eigenvalue weighted by atomic mass is 79.9. The third-order valence-electron chi connectivity index (χ3n) is 2.92. The smallest absolute Gasteiger partial charge is 0.0753 e. The van der Waals surface area contributed by atoms with E-state index in [4.69, 9.17) is 4.74 Å². The molecule has 0 saturated carbocycles. The normalized spacial score (nSPS) is 28.3. The van der Waals surface area contributed by atoms with Gasteiger partial charge in [-0.1, -0.05) is 15.9 Å². The van der Waals surface area contributed by atoms with E-state index in [2.05, 4.69) is 42.8 Å². The topological polar surface area (TPSA) is 9.23 Å². The van der Waals surface area contributed by atoms with Crippen LogP contribution in [0.3, 0.4) is 0 Å². The van der Waals surface area contributed by atoms with E-state index in [1.807, 2.05) is 11.3 Å². The Hall–Kier alpha value is 0.140. The molecule has 15 heavy (non-hydrogen) atoms. The molecule has 1 fully saturated rings. The molecule has 0 bridgehead atoms. The number of alkyl halides is 1. The van der Waals surface area contributed by atoms with Crippen LogP contribution in [0.4, 0.5) is 0 Å². The molecule has 1 nitrogen and oxygen atoms in total. The summed E-state index contributed by atoms with van der Waals surface area (Å²) in [6.07, 6.45) is 3.15. The maximum atomic E-state index is 5.90. The SMILES string of the molecule is Cc1cc(C)c(C(Br)C2CCC(C)O2)s1. The van der Waals surface area contributed by atoms with Gasteiger partial charge in [-0.15, -0.1) is 11.3 Å². The van der Waals surface area contributed by atoms with Gasteiger partial charge in [0.25, 0.3) is 0 Å². The second-order valence-corrected chi connectivity index (χ2v) is 6.64. The van der Waals surface area contributed by atoms with Crippen LogP contribution in [0.1, 0.15) is 39.9 Å². The Morgan fingerprint density at radius 3 is 2.67 bits per heavy atom. The second kappa shape index (κ2) is 4.56. The number of aryl methyl sites for hydroxylation is 2. The first kappa shape index (κ1) is 11.6. The predicted molar refractivity (Wildman–Crippen MR) is 69.0 cm³/mol. The number of ether oxygens (including phenoxy) is 1. The van der Waals surface area contributed by atoms with Crippen LogP contribution < -0.4 is 0 Å². The number of hydrogen-bond donors (Lipinski definition) is 0. The van der Waals surface area contributed by atoms with Gasteiger partial charge in [-0.25, -0.2) is 0 Å². The van der Waals surface area contributed by atoms with E-state index in [1.165, 1.54) is 28.2 Å². The zero-order chi connectivity index (χ0) is 11.0. The van der Waals surface area contributed by atoms with E-state index in [9.17, 15) is 0 Å². The Morgan fingerprint density at radius 2 is 2.20 bits per heavy atom. The summed E-state index contributed by atoms with van der Waals surface area (Å²) in [5, 5.41) is 0. The third-order valence-corrected chi connectivity index (χ3v) is 5.51. The first-order valence-corrected chi connectivity index (χ1v) is 7.17. The molecular weight excluding hydrogens is 272 g/mol. The number of hydrogen-bond acceptors (Lipinski definition) is 2. The van der Waals surface area contributed by atoms with Crippen molar-refractivity contribution in [2.24, 2.45) is 0 Å². The molecule has 3 heteroatoms. The van der Waals surface area contributed by atoms with Crippen molar-refractivity contribution in [1.29, 1.82) is 0 Å². The highest BCUT2D eigenvalue weighted by Crippen LogP contribution is 2.40. The van der Waals surface area contributed by atoms with Gasteiger partial charge < -0.3 is 4.74 Å². The summed E-state index contributed by atoms with van der Waals surface area (Å²) in [6, 6.07) is 2.26. The van der Waals surface area contributed by atoms with E-state index in [0.717, 1.165) is 0 Å². The molecule has 1 aliphatic rings. The Morgan fingerprint density at radius 1 is 1.47 bits per heavy atom. The molecule has 84 valence electrons. The molecule has 0 N–H and O–H groups in total. The summed E-state index contributed by atoms with van der Waals surface area (Å²) in [5.41, 5.74) is 1.39. The van der Waals surface area contributed by atoms with E-state index < -0.39 is 0 Å². The van der Waals surface area contributed by atoms with Crippen LogP contribution >= 0.6 is 27.3 Å². The van der Waals surface area contributed by atoms with Crippen LogP contribution in [0.5, 0.6) is 0 Å². The summed E-state index contributed by atoms with van der Waals surface area (Å²) in [5.74, 6) is 0. The van der Waals surface area contributed by atoms with Gasteiger partial charge in [0.2, 0.25) is 0 Å². The first-order valence-electron chi connectivity index (χ1n) is 5.44. The molecule has 1 saturated heterocycles. The van der Waals surface area contributed by atoms with Crippen molar-refractivity contribution < 1.29 is 4.74 Å². The summed E-state index contributed by atoms with van der Waals surface area (Å²) < 4.78 is 5.90. The Kier molecular flexibility index (Phi) is 3.53. The second-order valence-electron chi connectivity index (χ2n) is 4.37. The highest BCUT2D eigenvalue weighted by molar-refractivity contribution is 9.09. The summed E-state index contributed by atoms with van der Waals surface area (Å²) in [7, 11) is 0. The average Bonchev–Trinajstić information content (AvgIpc) is 2.71. The standard InChI is InChI=1S/C12H17BrOS/c1-7-6-9(3)15-12(7)11(13)10-5-4-8(2)14-10/h6,8,10-11H,4-5H2,1-3H3.